The molecule has 0 bridgehead atoms. The lowest BCUT2D eigenvalue weighted by Gasteiger charge is -2.14. The van der Waals surface area contributed by atoms with Crippen LogP contribution in [0.15, 0.2) is 36.4 Å². The Morgan fingerprint density at radius 2 is 2.00 bits per heavy atom. The van der Waals surface area contributed by atoms with E-state index in [1.165, 1.54) is 0 Å². The highest BCUT2D eigenvalue weighted by molar-refractivity contribution is 6.31. The van der Waals surface area contributed by atoms with Crippen LogP contribution in [0.5, 0.6) is 5.75 Å². The summed E-state index contributed by atoms with van der Waals surface area (Å²) in [5.74, 6) is 0.733. The van der Waals surface area contributed by atoms with E-state index in [0.29, 0.717) is 17.1 Å². The maximum absolute atomic E-state index is 9.15. The molecule has 0 amide bonds. The minimum atomic E-state index is 0.502. The van der Waals surface area contributed by atoms with Crippen LogP contribution < -0.4 is 10.1 Å². The minimum absolute atomic E-state index is 0.502. The van der Waals surface area contributed by atoms with Crippen LogP contribution in [0, 0.1) is 18.3 Å². The van der Waals surface area contributed by atoms with E-state index in [0.717, 1.165) is 22.6 Å². The average molecular weight is 287 g/mol. The Morgan fingerprint density at radius 1 is 1.25 bits per heavy atom. The maximum Gasteiger partial charge on any atom is 0.125 e. The number of ether oxygens (including phenoxy) is 1. The molecule has 0 aromatic heterocycles. The highest BCUT2D eigenvalue weighted by Crippen LogP contribution is 2.28. The van der Waals surface area contributed by atoms with Gasteiger partial charge in [0.15, 0.2) is 0 Å². The predicted octanol–water partition coefficient (Wildman–Crippen LogP) is 4.14. The topological polar surface area (TPSA) is 45.0 Å². The predicted molar refractivity (Wildman–Crippen MR) is 81.2 cm³/mol. The summed E-state index contributed by atoms with van der Waals surface area (Å²) in [5.41, 5.74) is 3.35. The number of para-hydroxylation sites is 1. The fourth-order valence-corrected chi connectivity index (χ4v) is 2.31. The summed E-state index contributed by atoms with van der Waals surface area (Å²) in [7, 11) is 1.61. The summed E-state index contributed by atoms with van der Waals surface area (Å²) in [4.78, 5) is 0. The molecule has 0 aliphatic heterocycles. The van der Waals surface area contributed by atoms with Gasteiger partial charge in [-0.15, -0.1) is 0 Å². The van der Waals surface area contributed by atoms with Gasteiger partial charge in [-0.2, -0.15) is 5.26 Å². The van der Waals surface area contributed by atoms with E-state index in [2.05, 4.69) is 11.4 Å². The minimum Gasteiger partial charge on any atom is -0.496 e. The van der Waals surface area contributed by atoms with Gasteiger partial charge in [0.1, 0.15) is 11.8 Å². The van der Waals surface area contributed by atoms with Crippen LogP contribution in [0.1, 0.15) is 16.7 Å². The first-order valence-corrected chi connectivity index (χ1v) is 6.60. The van der Waals surface area contributed by atoms with Crippen molar-refractivity contribution in [3.05, 3.63) is 58.1 Å². The van der Waals surface area contributed by atoms with Crippen molar-refractivity contribution in [3.63, 3.8) is 0 Å². The Labute approximate surface area is 123 Å². The molecule has 102 valence electrons. The number of aryl methyl sites for hydroxylation is 1. The molecule has 0 aliphatic rings. The lowest BCUT2D eigenvalue weighted by molar-refractivity contribution is 0.410. The van der Waals surface area contributed by atoms with E-state index in [-0.39, 0.29) is 0 Å². The van der Waals surface area contributed by atoms with Gasteiger partial charge in [0.2, 0.25) is 0 Å². The van der Waals surface area contributed by atoms with Gasteiger partial charge in [0, 0.05) is 17.1 Å². The standard InChI is InChI=1S/C16H15ClN2O/c1-11-5-3-6-12(9-18)16(11)19-10-13-14(17)7-4-8-15(13)20-2/h3-8,19H,10H2,1-2H3. The van der Waals surface area contributed by atoms with Crippen molar-refractivity contribution in [2.45, 2.75) is 13.5 Å². The Balaban J connectivity index is 2.29. The first-order chi connectivity index (χ1) is 9.67. The van der Waals surface area contributed by atoms with E-state index < -0.39 is 0 Å². The third-order valence-corrected chi connectivity index (χ3v) is 3.49. The van der Waals surface area contributed by atoms with Crippen LogP contribution in [0.3, 0.4) is 0 Å². The molecule has 20 heavy (non-hydrogen) atoms. The zero-order valence-corrected chi connectivity index (χ0v) is 12.2. The SMILES string of the molecule is COc1cccc(Cl)c1CNc1c(C)cccc1C#N. The van der Waals surface area contributed by atoms with Crippen molar-refractivity contribution >= 4 is 17.3 Å². The second-order valence-corrected chi connectivity index (χ2v) is 4.79. The van der Waals surface area contributed by atoms with Crippen molar-refractivity contribution in [1.82, 2.24) is 0 Å². The van der Waals surface area contributed by atoms with Crippen LogP contribution >= 0.6 is 11.6 Å². The molecular formula is C16H15ClN2O. The van der Waals surface area contributed by atoms with E-state index in [1.54, 1.807) is 13.2 Å². The fraction of sp³-hybridized carbons (Fsp3) is 0.188. The number of hydrogen-bond donors (Lipinski definition) is 1. The summed E-state index contributed by atoms with van der Waals surface area (Å²) >= 11 is 6.20. The lowest BCUT2D eigenvalue weighted by atomic mass is 10.1. The second-order valence-electron chi connectivity index (χ2n) is 4.38. The van der Waals surface area contributed by atoms with Crippen LogP contribution in [0.25, 0.3) is 0 Å². The zero-order chi connectivity index (χ0) is 14.5. The molecule has 2 rings (SSSR count). The third-order valence-electron chi connectivity index (χ3n) is 3.13. The molecule has 2 aromatic carbocycles. The second kappa shape index (κ2) is 6.31. The van der Waals surface area contributed by atoms with Gasteiger partial charge in [0.05, 0.1) is 18.4 Å². The number of anilines is 1. The van der Waals surface area contributed by atoms with Gasteiger partial charge in [0.25, 0.3) is 0 Å². The van der Waals surface area contributed by atoms with E-state index >= 15 is 0 Å². The molecule has 3 nitrogen and oxygen atoms in total. The highest BCUT2D eigenvalue weighted by Gasteiger charge is 2.10. The van der Waals surface area contributed by atoms with Crippen molar-refractivity contribution < 1.29 is 4.74 Å². The Hall–Kier alpha value is -2.18. The first kappa shape index (κ1) is 14.2. The van der Waals surface area contributed by atoms with Gasteiger partial charge in [-0.25, -0.2) is 0 Å². The number of nitrogens with zero attached hydrogens (tertiary/aromatic N) is 1. The van der Waals surface area contributed by atoms with Crippen LogP contribution in [-0.4, -0.2) is 7.11 Å². The molecule has 1 N–H and O–H groups in total. The molecule has 0 heterocycles. The number of nitriles is 1. The Bertz CT molecular complexity index is 662. The number of methoxy groups -OCH3 is 1. The molecule has 0 radical (unpaired) electrons. The lowest BCUT2D eigenvalue weighted by Crippen LogP contribution is -2.05. The number of rotatable bonds is 4. The average Bonchev–Trinajstić information content (AvgIpc) is 2.46. The van der Waals surface area contributed by atoms with E-state index in [4.69, 9.17) is 21.6 Å². The number of nitrogens with one attached hydrogen (secondary N) is 1. The monoisotopic (exact) mass is 286 g/mol. The summed E-state index contributed by atoms with van der Waals surface area (Å²) in [5, 5.41) is 13.1. The number of hydrogen-bond acceptors (Lipinski definition) is 3. The van der Waals surface area contributed by atoms with Crippen molar-refractivity contribution in [2.75, 3.05) is 12.4 Å². The third kappa shape index (κ3) is 2.87. The molecule has 4 heteroatoms. The molecule has 0 aliphatic carbocycles. The van der Waals surface area contributed by atoms with Crippen molar-refractivity contribution in [2.24, 2.45) is 0 Å². The fourth-order valence-electron chi connectivity index (χ4n) is 2.07. The smallest absolute Gasteiger partial charge is 0.125 e. The van der Waals surface area contributed by atoms with Gasteiger partial charge in [-0.05, 0) is 30.7 Å². The maximum atomic E-state index is 9.15. The van der Waals surface area contributed by atoms with Gasteiger partial charge in [-0.3, -0.25) is 0 Å². The zero-order valence-electron chi connectivity index (χ0n) is 11.4. The molecule has 0 unspecified atom stereocenters. The molecule has 0 atom stereocenters. The molecule has 2 aromatic rings. The summed E-state index contributed by atoms with van der Waals surface area (Å²) in [6.07, 6.45) is 0. The van der Waals surface area contributed by atoms with E-state index in [9.17, 15) is 0 Å². The summed E-state index contributed by atoms with van der Waals surface area (Å²) in [6, 6.07) is 13.4. The highest BCUT2D eigenvalue weighted by atomic mass is 35.5. The molecule has 0 fully saturated rings. The summed E-state index contributed by atoms with van der Waals surface area (Å²) < 4.78 is 5.31. The molecular weight excluding hydrogens is 272 g/mol. The molecule has 0 saturated heterocycles. The number of halogens is 1. The Morgan fingerprint density at radius 3 is 2.70 bits per heavy atom. The molecule has 0 saturated carbocycles. The van der Waals surface area contributed by atoms with Crippen LogP contribution in [-0.2, 0) is 6.54 Å². The van der Waals surface area contributed by atoms with Gasteiger partial charge >= 0.3 is 0 Å². The van der Waals surface area contributed by atoms with Gasteiger partial charge < -0.3 is 10.1 Å². The van der Waals surface area contributed by atoms with Gasteiger partial charge in [-0.1, -0.05) is 29.8 Å². The summed E-state index contributed by atoms with van der Waals surface area (Å²) in [6.45, 7) is 2.47. The Kier molecular flexibility index (Phi) is 4.49. The van der Waals surface area contributed by atoms with Crippen molar-refractivity contribution in [1.29, 1.82) is 5.26 Å². The van der Waals surface area contributed by atoms with Crippen LogP contribution in [0.4, 0.5) is 5.69 Å². The van der Waals surface area contributed by atoms with Crippen LogP contribution in [0.2, 0.25) is 5.02 Å². The first-order valence-electron chi connectivity index (χ1n) is 6.22. The largest absolute Gasteiger partial charge is 0.496 e. The number of benzene rings is 2. The van der Waals surface area contributed by atoms with Crippen molar-refractivity contribution in [3.8, 4) is 11.8 Å². The molecule has 0 spiro atoms. The quantitative estimate of drug-likeness (QED) is 0.919. The normalized spacial score (nSPS) is 9.90. The van der Waals surface area contributed by atoms with E-state index in [1.807, 2.05) is 37.3 Å².